The predicted octanol–water partition coefficient (Wildman–Crippen LogP) is 1.07. The minimum atomic E-state index is -0.242. The molecule has 1 aliphatic rings. The number of carbonyl (C=O) groups excluding carboxylic acids is 1. The van der Waals surface area contributed by atoms with Gasteiger partial charge in [0.1, 0.15) is 6.61 Å². The SMILES string of the molecule is CN(CC1CCCCO1)C(=O)c1ccncc1C#CCO. The summed E-state index contributed by atoms with van der Waals surface area (Å²) >= 11 is 0. The van der Waals surface area contributed by atoms with E-state index in [4.69, 9.17) is 9.84 Å². The van der Waals surface area contributed by atoms with Gasteiger partial charge in [-0.25, -0.2) is 0 Å². The Morgan fingerprint density at radius 3 is 3.14 bits per heavy atom. The maximum atomic E-state index is 12.5. The van der Waals surface area contributed by atoms with Crippen LogP contribution in [0.5, 0.6) is 0 Å². The van der Waals surface area contributed by atoms with Crippen molar-refractivity contribution >= 4 is 5.91 Å². The van der Waals surface area contributed by atoms with Crippen LogP contribution >= 0.6 is 0 Å². The molecule has 112 valence electrons. The molecular formula is C16H20N2O3. The van der Waals surface area contributed by atoms with Crippen LogP contribution in [0.4, 0.5) is 0 Å². The Balaban J connectivity index is 2.08. The minimum absolute atomic E-state index is 0.103. The summed E-state index contributed by atoms with van der Waals surface area (Å²) in [6, 6.07) is 1.65. The van der Waals surface area contributed by atoms with Gasteiger partial charge in [-0.1, -0.05) is 11.8 Å². The van der Waals surface area contributed by atoms with Crippen molar-refractivity contribution in [2.75, 3.05) is 26.8 Å². The molecule has 1 fully saturated rings. The van der Waals surface area contributed by atoms with Crippen LogP contribution < -0.4 is 0 Å². The molecule has 2 rings (SSSR count). The summed E-state index contributed by atoms with van der Waals surface area (Å²) < 4.78 is 5.66. The molecule has 1 atom stereocenters. The van der Waals surface area contributed by atoms with Crippen LogP contribution in [0.25, 0.3) is 0 Å². The monoisotopic (exact) mass is 288 g/mol. The lowest BCUT2D eigenvalue weighted by atomic mass is 10.1. The van der Waals surface area contributed by atoms with Crippen molar-refractivity contribution in [2.24, 2.45) is 0 Å². The lowest BCUT2D eigenvalue weighted by molar-refractivity contribution is -0.000195. The van der Waals surface area contributed by atoms with E-state index in [2.05, 4.69) is 16.8 Å². The molecule has 5 nitrogen and oxygen atoms in total. The second-order valence-corrected chi connectivity index (χ2v) is 5.06. The first-order chi connectivity index (χ1) is 10.2. The zero-order chi connectivity index (χ0) is 15.1. The molecule has 5 heteroatoms. The molecule has 1 unspecified atom stereocenters. The Labute approximate surface area is 124 Å². The van der Waals surface area contributed by atoms with Gasteiger partial charge in [0, 0.05) is 32.6 Å². The number of amides is 1. The van der Waals surface area contributed by atoms with E-state index in [0.717, 1.165) is 25.9 Å². The molecule has 21 heavy (non-hydrogen) atoms. The molecule has 0 radical (unpaired) electrons. The fourth-order valence-corrected chi connectivity index (χ4v) is 2.36. The number of pyridine rings is 1. The molecule has 0 bridgehead atoms. The number of hydrogen-bond donors (Lipinski definition) is 1. The molecule has 0 spiro atoms. The second-order valence-electron chi connectivity index (χ2n) is 5.06. The minimum Gasteiger partial charge on any atom is -0.384 e. The van der Waals surface area contributed by atoms with Gasteiger partial charge in [-0.3, -0.25) is 9.78 Å². The van der Waals surface area contributed by atoms with Crippen LogP contribution in [0.3, 0.4) is 0 Å². The first kappa shape index (κ1) is 15.5. The third-order valence-corrected chi connectivity index (χ3v) is 3.45. The molecule has 1 amide bonds. The third kappa shape index (κ3) is 4.28. The first-order valence-corrected chi connectivity index (χ1v) is 7.13. The number of aliphatic hydroxyl groups excluding tert-OH is 1. The summed E-state index contributed by atoms with van der Waals surface area (Å²) in [5.74, 6) is 5.21. The number of aliphatic hydroxyl groups is 1. The fraction of sp³-hybridized carbons (Fsp3) is 0.500. The maximum Gasteiger partial charge on any atom is 0.255 e. The maximum absolute atomic E-state index is 12.5. The number of likely N-dealkylation sites (N-methyl/N-ethyl adjacent to an activating group) is 1. The molecule has 1 saturated heterocycles. The number of hydrogen-bond acceptors (Lipinski definition) is 4. The number of nitrogens with zero attached hydrogens (tertiary/aromatic N) is 2. The Morgan fingerprint density at radius 2 is 2.43 bits per heavy atom. The Bertz CT molecular complexity index is 542. The van der Waals surface area contributed by atoms with Crippen LogP contribution in [0, 0.1) is 11.8 Å². The van der Waals surface area contributed by atoms with Gasteiger partial charge in [0.25, 0.3) is 5.91 Å². The largest absolute Gasteiger partial charge is 0.384 e. The van der Waals surface area contributed by atoms with E-state index in [9.17, 15) is 4.79 Å². The molecule has 0 aliphatic carbocycles. The quantitative estimate of drug-likeness (QED) is 0.845. The van der Waals surface area contributed by atoms with Gasteiger partial charge in [0.2, 0.25) is 0 Å². The summed E-state index contributed by atoms with van der Waals surface area (Å²) in [5.41, 5.74) is 1.04. The van der Waals surface area contributed by atoms with Crippen LogP contribution in [0.15, 0.2) is 18.5 Å². The molecule has 1 aromatic heterocycles. The lowest BCUT2D eigenvalue weighted by Gasteiger charge is -2.27. The second kappa shape index (κ2) is 7.77. The van der Waals surface area contributed by atoms with Gasteiger partial charge in [-0.2, -0.15) is 0 Å². The highest BCUT2D eigenvalue weighted by atomic mass is 16.5. The summed E-state index contributed by atoms with van der Waals surface area (Å²) in [5, 5.41) is 8.78. The average Bonchev–Trinajstić information content (AvgIpc) is 2.53. The lowest BCUT2D eigenvalue weighted by Crippen LogP contribution is -2.37. The number of rotatable bonds is 3. The van der Waals surface area contributed by atoms with Crippen molar-refractivity contribution in [1.29, 1.82) is 0 Å². The Kier molecular flexibility index (Phi) is 5.73. The number of carbonyl (C=O) groups is 1. The predicted molar refractivity (Wildman–Crippen MR) is 78.8 cm³/mol. The van der Waals surface area contributed by atoms with Crippen molar-refractivity contribution < 1.29 is 14.6 Å². The van der Waals surface area contributed by atoms with E-state index in [1.54, 1.807) is 30.4 Å². The van der Waals surface area contributed by atoms with E-state index in [0.29, 0.717) is 17.7 Å². The molecule has 2 heterocycles. The van der Waals surface area contributed by atoms with Gasteiger partial charge in [0.05, 0.1) is 17.2 Å². The van der Waals surface area contributed by atoms with Gasteiger partial charge < -0.3 is 14.7 Å². The van der Waals surface area contributed by atoms with Crippen LogP contribution in [0.2, 0.25) is 0 Å². The Hall–Kier alpha value is -1.90. The average molecular weight is 288 g/mol. The zero-order valence-electron chi connectivity index (χ0n) is 12.2. The zero-order valence-corrected chi connectivity index (χ0v) is 12.2. The third-order valence-electron chi connectivity index (χ3n) is 3.45. The van der Waals surface area contributed by atoms with Gasteiger partial charge in [-0.15, -0.1) is 0 Å². The summed E-state index contributed by atoms with van der Waals surface area (Å²) in [4.78, 5) is 18.2. The number of aromatic nitrogens is 1. The molecule has 1 aromatic rings. The molecule has 1 N–H and O–H groups in total. The van der Waals surface area contributed by atoms with Crippen molar-refractivity contribution in [3.63, 3.8) is 0 Å². The van der Waals surface area contributed by atoms with Gasteiger partial charge in [-0.05, 0) is 25.3 Å². The van der Waals surface area contributed by atoms with Crippen LogP contribution in [-0.2, 0) is 4.74 Å². The van der Waals surface area contributed by atoms with Gasteiger partial charge >= 0.3 is 0 Å². The summed E-state index contributed by atoms with van der Waals surface area (Å²) in [6.07, 6.45) is 6.46. The van der Waals surface area contributed by atoms with E-state index in [1.807, 2.05) is 0 Å². The van der Waals surface area contributed by atoms with Crippen LogP contribution in [-0.4, -0.2) is 53.8 Å². The topological polar surface area (TPSA) is 62.7 Å². The van der Waals surface area contributed by atoms with E-state index in [1.165, 1.54) is 0 Å². The summed E-state index contributed by atoms with van der Waals surface area (Å²) in [6.45, 7) is 1.11. The van der Waals surface area contributed by atoms with Gasteiger partial charge in [0.15, 0.2) is 0 Å². The molecule has 1 aliphatic heterocycles. The van der Waals surface area contributed by atoms with Crippen molar-refractivity contribution in [1.82, 2.24) is 9.88 Å². The Morgan fingerprint density at radius 1 is 1.57 bits per heavy atom. The van der Waals surface area contributed by atoms with Crippen molar-refractivity contribution in [2.45, 2.75) is 25.4 Å². The van der Waals surface area contributed by atoms with E-state index >= 15 is 0 Å². The number of ether oxygens (including phenoxy) is 1. The highest BCUT2D eigenvalue weighted by molar-refractivity contribution is 5.96. The fourth-order valence-electron chi connectivity index (χ4n) is 2.36. The molecular weight excluding hydrogens is 268 g/mol. The summed E-state index contributed by atoms with van der Waals surface area (Å²) in [7, 11) is 1.77. The van der Waals surface area contributed by atoms with E-state index < -0.39 is 0 Å². The normalized spacial score (nSPS) is 17.7. The van der Waals surface area contributed by atoms with Crippen molar-refractivity contribution in [3.8, 4) is 11.8 Å². The highest BCUT2D eigenvalue weighted by Crippen LogP contribution is 2.15. The smallest absolute Gasteiger partial charge is 0.255 e. The van der Waals surface area contributed by atoms with Crippen LogP contribution in [0.1, 0.15) is 35.2 Å². The van der Waals surface area contributed by atoms with Crippen molar-refractivity contribution in [3.05, 3.63) is 29.6 Å². The molecule has 0 saturated carbocycles. The van der Waals surface area contributed by atoms with E-state index in [-0.39, 0.29) is 18.6 Å². The highest BCUT2D eigenvalue weighted by Gasteiger charge is 2.21. The standard InChI is InChI=1S/C16H20N2O3/c1-18(12-14-6-2-3-10-21-14)16(20)15-7-8-17-11-13(15)5-4-9-19/h7-8,11,14,19H,2-3,6,9-10,12H2,1H3. The first-order valence-electron chi connectivity index (χ1n) is 7.13. The molecule has 0 aromatic carbocycles.